The molecule has 0 fully saturated rings. The van der Waals surface area contributed by atoms with Gasteiger partial charge in [0.25, 0.3) is 11.8 Å². The number of anilines is 2. The van der Waals surface area contributed by atoms with Crippen LogP contribution in [-0.4, -0.2) is 37.1 Å². The Morgan fingerprint density at radius 1 is 0.921 bits per heavy atom. The summed E-state index contributed by atoms with van der Waals surface area (Å²) in [6.07, 6.45) is 0. The first-order valence-corrected chi connectivity index (χ1v) is 11.6. The molecule has 0 aliphatic carbocycles. The summed E-state index contributed by atoms with van der Waals surface area (Å²) in [5, 5.41) is 23.8. The smallest absolute Gasteiger partial charge is 0.340 e. The van der Waals surface area contributed by atoms with E-state index < -0.39 is 29.2 Å². The van der Waals surface area contributed by atoms with Crippen LogP contribution in [0.25, 0.3) is 0 Å². The van der Waals surface area contributed by atoms with Crippen molar-refractivity contribution < 1.29 is 29.0 Å². The second-order valence-electron chi connectivity index (χ2n) is 7.59. The third-order valence-corrected chi connectivity index (χ3v) is 5.58. The molecule has 0 aliphatic rings. The molecule has 0 aliphatic heterocycles. The fourth-order valence-corrected chi connectivity index (χ4v) is 3.48. The zero-order chi connectivity index (χ0) is 27.8. The quantitative estimate of drug-likeness (QED) is 0.124. The minimum Gasteiger partial charge on any atom is -0.510 e. The van der Waals surface area contributed by atoms with Gasteiger partial charge in [0.1, 0.15) is 17.2 Å². The van der Waals surface area contributed by atoms with Crippen molar-refractivity contribution in [2.45, 2.75) is 6.92 Å². The summed E-state index contributed by atoms with van der Waals surface area (Å²) in [6, 6.07) is 15.2. The van der Waals surface area contributed by atoms with E-state index in [1.807, 2.05) is 0 Å². The lowest BCUT2D eigenvalue weighted by atomic mass is 10.1. The summed E-state index contributed by atoms with van der Waals surface area (Å²) in [5.74, 6) is -2.18. The Hall–Kier alpha value is -4.41. The highest BCUT2D eigenvalue weighted by Crippen LogP contribution is 2.29. The lowest BCUT2D eigenvalue weighted by Crippen LogP contribution is -2.15. The molecule has 0 spiro atoms. The van der Waals surface area contributed by atoms with Crippen molar-refractivity contribution in [1.82, 2.24) is 0 Å². The monoisotopic (exact) mass is 556 g/mol. The number of amides is 2. The van der Waals surface area contributed by atoms with E-state index in [0.717, 1.165) is 0 Å². The Kier molecular flexibility index (Phi) is 9.42. The number of aliphatic hydroxyl groups excluding tert-OH is 1. The average Bonchev–Trinajstić information content (AvgIpc) is 2.90. The van der Waals surface area contributed by atoms with Crippen molar-refractivity contribution in [1.29, 1.82) is 0 Å². The van der Waals surface area contributed by atoms with Gasteiger partial charge in [0, 0.05) is 10.6 Å². The summed E-state index contributed by atoms with van der Waals surface area (Å²) in [5.41, 5.74) is 0.139. The number of carbonyl (C=O) groups excluding carboxylic acids is 3. The van der Waals surface area contributed by atoms with E-state index in [1.165, 1.54) is 51.5 Å². The highest BCUT2D eigenvalue weighted by Gasteiger charge is 2.19. The molecule has 0 radical (unpaired) electrons. The Morgan fingerprint density at radius 3 is 2.34 bits per heavy atom. The van der Waals surface area contributed by atoms with E-state index >= 15 is 0 Å². The van der Waals surface area contributed by atoms with Gasteiger partial charge in [-0.05, 0) is 55.5 Å². The molecule has 0 unspecified atom stereocenters. The summed E-state index contributed by atoms with van der Waals surface area (Å²) < 4.78 is 9.99. The van der Waals surface area contributed by atoms with Gasteiger partial charge >= 0.3 is 5.97 Å². The SMILES string of the molecule is COC(=O)c1ccc(C(=O)Nc2cc(Cl)ccc2Cl)cc1N=NC(C(=O)Nc1ccccc1OC)=C(C)O. The standard InChI is InChI=1S/C26H22Cl2N4O6/c1-14(33)23(25(35)29-19-6-4-5-7-22(19)37-2)32-31-20-12-15(8-10-17(20)26(36)38-3)24(34)30-21-13-16(27)9-11-18(21)28/h4-13,33H,1-3H3,(H,29,35)(H,30,34). The molecular weight excluding hydrogens is 535 g/mol. The normalized spacial score (nSPS) is 11.5. The van der Waals surface area contributed by atoms with Crippen LogP contribution in [0.5, 0.6) is 5.75 Å². The van der Waals surface area contributed by atoms with Crippen LogP contribution < -0.4 is 15.4 Å². The molecular formula is C26H22Cl2N4O6. The number of ether oxygens (including phenoxy) is 2. The molecule has 10 nitrogen and oxygen atoms in total. The molecule has 3 aromatic rings. The van der Waals surface area contributed by atoms with Gasteiger partial charge < -0.3 is 25.2 Å². The maximum Gasteiger partial charge on any atom is 0.340 e. The number of azo groups is 1. The number of benzene rings is 3. The molecule has 3 N–H and O–H groups in total. The number of rotatable bonds is 8. The molecule has 0 saturated carbocycles. The van der Waals surface area contributed by atoms with Gasteiger partial charge in [0.05, 0.1) is 36.2 Å². The van der Waals surface area contributed by atoms with Gasteiger partial charge in [-0.1, -0.05) is 35.3 Å². The van der Waals surface area contributed by atoms with Crippen LogP contribution in [0.4, 0.5) is 17.1 Å². The lowest BCUT2D eigenvalue weighted by molar-refractivity contribution is -0.113. The van der Waals surface area contributed by atoms with E-state index in [9.17, 15) is 19.5 Å². The van der Waals surface area contributed by atoms with Crippen LogP contribution >= 0.6 is 23.2 Å². The van der Waals surface area contributed by atoms with Crippen LogP contribution in [-0.2, 0) is 9.53 Å². The van der Waals surface area contributed by atoms with Gasteiger partial charge in [-0.2, -0.15) is 0 Å². The van der Waals surface area contributed by atoms with E-state index in [-0.39, 0.29) is 27.5 Å². The fourth-order valence-electron chi connectivity index (χ4n) is 3.14. The Morgan fingerprint density at radius 2 is 1.66 bits per heavy atom. The van der Waals surface area contributed by atoms with Crippen LogP contribution in [0.1, 0.15) is 27.6 Å². The molecule has 0 atom stereocenters. The minimum absolute atomic E-state index is 0.0336. The van der Waals surface area contributed by atoms with Crippen LogP contribution in [0, 0.1) is 0 Å². The summed E-state index contributed by atoms with van der Waals surface area (Å²) in [6.45, 7) is 1.25. The van der Waals surface area contributed by atoms with Gasteiger partial charge in [-0.25, -0.2) is 4.79 Å². The number of nitrogens with one attached hydrogen (secondary N) is 2. The molecule has 0 saturated heterocycles. The van der Waals surface area contributed by atoms with Gasteiger partial charge in [0.15, 0.2) is 5.70 Å². The van der Waals surface area contributed by atoms with Gasteiger partial charge in [-0.3, -0.25) is 9.59 Å². The first-order chi connectivity index (χ1) is 18.1. The van der Waals surface area contributed by atoms with Crippen LogP contribution in [0.3, 0.4) is 0 Å². The van der Waals surface area contributed by atoms with Gasteiger partial charge in [0.2, 0.25) is 0 Å². The second kappa shape index (κ2) is 12.7. The van der Waals surface area contributed by atoms with E-state index in [0.29, 0.717) is 16.5 Å². The van der Waals surface area contributed by atoms with E-state index in [4.69, 9.17) is 32.7 Å². The van der Waals surface area contributed by atoms with Crippen LogP contribution in [0.15, 0.2) is 82.3 Å². The first kappa shape index (κ1) is 28.2. The molecule has 0 heterocycles. The molecule has 0 bridgehead atoms. The van der Waals surface area contributed by atoms with E-state index in [1.54, 1.807) is 30.3 Å². The average molecular weight is 557 g/mol. The number of hydrogen-bond donors (Lipinski definition) is 3. The number of para-hydroxylation sites is 2. The maximum atomic E-state index is 12.9. The number of carbonyl (C=O) groups is 3. The third kappa shape index (κ3) is 6.87. The predicted molar refractivity (Wildman–Crippen MR) is 144 cm³/mol. The molecule has 2 amide bonds. The molecule has 196 valence electrons. The molecule has 12 heteroatoms. The van der Waals surface area contributed by atoms with Crippen molar-refractivity contribution in [3.8, 4) is 5.75 Å². The van der Waals surface area contributed by atoms with Crippen molar-refractivity contribution in [2.75, 3.05) is 24.9 Å². The number of nitrogens with zero attached hydrogens (tertiary/aromatic N) is 2. The number of halogens is 2. The highest BCUT2D eigenvalue weighted by molar-refractivity contribution is 6.35. The van der Waals surface area contributed by atoms with Crippen molar-refractivity contribution >= 4 is 58.0 Å². The molecule has 3 aromatic carbocycles. The minimum atomic E-state index is -0.789. The Labute approximate surface area is 227 Å². The number of esters is 1. The zero-order valence-electron chi connectivity index (χ0n) is 20.4. The predicted octanol–water partition coefficient (Wildman–Crippen LogP) is 6.55. The molecule has 0 aromatic heterocycles. The second-order valence-corrected chi connectivity index (χ2v) is 8.43. The lowest BCUT2D eigenvalue weighted by Gasteiger charge is -2.11. The highest BCUT2D eigenvalue weighted by atomic mass is 35.5. The molecule has 3 rings (SSSR count). The van der Waals surface area contributed by atoms with Crippen molar-refractivity contribution in [3.05, 3.63) is 93.3 Å². The Balaban J connectivity index is 1.94. The maximum absolute atomic E-state index is 12.9. The molecule has 38 heavy (non-hydrogen) atoms. The summed E-state index contributed by atoms with van der Waals surface area (Å²) in [4.78, 5) is 38.0. The summed E-state index contributed by atoms with van der Waals surface area (Å²) >= 11 is 12.1. The van der Waals surface area contributed by atoms with Gasteiger partial charge in [-0.15, -0.1) is 10.2 Å². The van der Waals surface area contributed by atoms with Crippen LogP contribution in [0.2, 0.25) is 10.0 Å². The largest absolute Gasteiger partial charge is 0.510 e. The number of aliphatic hydroxyl groups is 1. The third-order valence-electron chi connectivity index (χ3n) is 5.01. The number of hydrogen-bond acceptors (Lipinski definition) is 8. The fraction of sp³-hybridized carbons (Fsp3) is 0.115. The Bertz CT molecular complexity index is 1450. The zero-order valence-corrected chi connectivity index (χ0v) is 21.9. The topological polar surface area (TPSA) is 139 Å². The number of methoxy groups -OCH3 is 2. The van der Waals surface area contributed by atoms with Crippen molar-refractivity contribution in [3.63, 3.8) is 0 Å². The first-order valence-electron chi connectivity index (χ1n) is 10.9. The summed E-state index contributed by atoms with van der Waals surface area (Å²) in [7, 11) is 2.62. The number of allylic oxidation sites excluding steroid dienone is 1. The van der Waals surface area contributed by atoms with E-state index in [2.05, 4.69) is 20.9 Å². The van der Waals surface area contributed by atoms with Crippen molar-refractivity contribution in [2.24, 2.45) is 10.2 Å².